The molecule has 0 aliphatic rings. The Balaban J connectivity index is 3.92. The van der Waals surface area contributed by atoms with E-state index in [1.54, 1.807) is 13.8 Å². The van der Waals surface area contributed by atoms with Gasteiger partial charge in [0.05, 0.1) is 6.61 Å². The molecule has 0 radical (unpaired) electrons. The second kappa shape index (κ2) is 14.0. The number of rotatable bonds is 17. The normalized spacial score (nSPS) is 14.7. The van der Waals surface area contributed by atoms with Crippen LogP contribution in [0.4, 0.5) is 0 Å². The van der Waals surface area contributed by atoms with Crippen LogP contribution >= 0.6 is 0 Å². The molecule has 0 fully saturated rings. The number of hydrogen-bond donors (Lipinski definition) is 0. The maximum atomic E-state index is 11.7. The van der Waals surface area contributed by atoms with Crippen molar-refractivity contribution in [2.24, 2.45) is 0 Å². The van der Waals surface area contributed by atoms with Crippen molar-refractivity contribution < 1.29 is 21.5 Å². The lowest BCUT2D eigenvalue weighted by molar-refractivity contribution is -0.173. The van der Waals surface area contributed by atoms with Crippen molar-refractivity contribution in [2.75, 3.05) is 13.2 Å². The zero-order valence-electron chi connectivity index (χ0n) is 16.1. The zero-order chi connectivity index (χ0) is 18.3. The summed E-state index contributed by atoms with van der Waals surface area (Å²) in [5.74, 6) is -1.14. The summed E-state index contributed by atoms with van der Waals surface area (Å²) < 4.78 is 38.6. The van der Waals surface area contributed by atoms with Crippen molar-refractivity contribution in [2.45, 2.75) is 104 Å². The van der Waals surface area contributed by atoms with Crippen LogP contribution in [0.15, 0.2) is 0 Å². The second-order valence-corrected chi connectivity index (χ2v) is 7.62. The first kappa shape index (κ1) is 23.8. The minimum Gasteiger partial charge on any atom is -0.349 e. The van der Waals surface area contributed by atoms with Crippen LogP contribution in [-0.4, -0.2) is 27.4 Å². The Morgan fingerprint density at radius 3 is 1.71 bits per heavy atom. The summed E-state index contributed by atoms with van der Waals surface area (Å²) in [6.45, 7) is 7.80. The average Bonchev–Trinajstić information content (AvgIpc) is 2.48. The second-order valence-electron chi connectivity index (χ2n) is 6.40. The van der Waals surface area contributed by atoms with E-state index in [4.69, 9.17) is 8.92 Å². The molecule has 5 nitrogen and oxygen atoms in total. The summed E-state index contributed by atoms with van der Waals surface area (Å²) in [5.41, 5.74) is 0. The molecule has 0 aromatic rings. The van der Waals surface area contributed by atoms with Gasteiger partial charge in [0.2, 0.25) is 0 Å². The molecule has 0 saturated carbocycles. The molecule has 0 spiro atoms. The smallest absolute Gasteiger partial charge is 0.349 e. The van der Waals surface area contributed by atoms with E-state index in [-0.39, 0.29) is 6.61 Å². The molecule has 146 valence electrons. The Kier molecular flexibility index (Phi) is 13.9. The van der Waals surface area contributed by atoms with Gasteiger partial charge in [-0.05, 0) is 27.2 Å². The highest BCUT2D eigenvalue weighted by atomic mass is 32.3. The van der Waals surface area contributed by atoms with E-state index in [9.17, 15) is 8.42 Å². The van der Waals surface area contributed by atoms with Crippen LogP contribution in [0, 0.1) is 0 Å². The van der Waals surface area contributed by atoms with Crippen molar-refractivity contribution in [3.05, 3.63) is 0 Å². The predicted molar refractivity (Wildman–Crippen MR) is 98.1 cm³/mol. The molecule has 0 rings (SSSR count). The molecule has 0 amide bonds. The molecule has 1 unspecified atom stereocenters. The van der Waals surface area contributed by atoms with Gasteiger partial charge in [-0.3, -0.25) is 0 Å². The molecule has 0 aromatic heterocycles. The summed E-state index contributed by atoms with van der Waals surface area (Å²) in [6.07, 6.45) is 12.9. The molecule has 0 heterocycles. The zero-order valence-corrected chi connectivity index (χ0v) is 17.0. The highest BCUT2D eigenvalue weighted by Crippen LogP contribution is 2.24. The predicted octanol–water partition coefficient (Wildman–Crippen LogP) is 5.35. The summed E-state index contributed by atoms with van der Waals surface area (Å²) >= 11 is 0. The first-order valence-corrected chi connectivity index (χ1v) is 11.0. The standard InChI is InChI=1S/C18H38O5S/c1-5-8-9-10-11-12-13-14-15-16-17-18(4,21-6-2)23-24(19,20)22-7-3/h5-17H2,1-4H3. The lowest BCUT2D eigenvalue weighted by Crippen LogP contribution is -2.35. The third kappa shape index (κ3) is 13.2. The fourth-order valence-electron chi connectivity index (χ4n) is 2.76. The van der Waals surface area contributed by atoms with Gasteiger partial charge in [0.25, 0.3) is 0 Å². The fourth-order valence-corrected chi connectivity index (χ4v) is 3.66. The molecular formula is C18H38O5S. The Morgan fingerprint density at radius 2 is 1.25 bits per heavy atom. The van der Waals surface area contributed by atoms with Gasteiger partial charge in [-0.25, -0.2) is 8.37 Å². The van der Waals surface area contributed by atoms with Gasteiger partial charge in [-0.2, -0.15) is 8.42 Å². The third-order valence-electron chi connectivity index (χ3n) is 3.97. The van der Waals surface area contributed by atoms with Gasteiger partial charge in [0.1, 0.15) is 0 Å². The van der Waals surface area contributed by atoms with E-state index in [1.165, 1.54) is 51.4 Å². The number of hydrogen-bond acceptors (Lipinski definition) is 5. The number of unbranched alkanes of at least 4 members (excludes halogenated alkanes) is 9. The highest BCUT2D eigenvalue weighted by Gasteiger charge is 2.32. The van der Waals surface area contributed by atoms with E-state index in [0.717, 1.165) is 12.8 Å². The lowest BCUT2D eigenvalue weighted by Gasteiger charge is -2.28. The monoisotopic (exact) mass is 366 g/mol. The van der Waals surface area contributed by atoms with Gasteiger partial charge < -0.3 is 4.74 Å². The highest BCUT2D eigenvalue weighted by molar-refractivity contribution is 7.81. The molecule has 6 heteroatoms. The summed E-state index contributed by atoms with van der Waals surface area (Å²) in [7, 11) is -4.00. The molecule has 0 aliphatic heterocycles. The van der Waals surface area contributed by atoms with Crippen LogP contribution in [0.2, 0.25) is 0 Å². The summed E-state index contributed by atoms with van der Waals surface area (Å²) in [4.78, 5) is 0. The first-order chi connectivity index (χ1) is 11.4. The minimum absolute atomic E-state index is 0.0583. The Labute approximate surface area is 149 Å². The quantitative estimate of drug-likeness (QED) is 0.256. The Morgan fingerprint density at radius 1 is 0.750 bits per heavy atom. The van der Waals surface area contributed by atoms with Crippen molar-refractivity contribution in [3.8, 4) is 0 Å². The van der Waals surface area contributed by atoms with Crippen molar-refractivity contribution in [3.63, 3.8) is 0 Å². The molecule has 0 saturated heterocycles. The van der Waals surface area contributed by atoms with Gasteiger partial charge in [0, 0.05) is 13.0 Å². The summed E-state index contributed by atoms with van der Waals surface area (Å²) in [5, 5.41) is 0. The first-order valence-electron chi connectivity index (χ1n) is 9.63. The van der Waals surface area contributed by atoms with Crippen LogP contribution in [0.5, 0.6) is 0 Å². The van der Waals surface area contributed by atoms with Crippen LogP contribution in [0.1, 0.15) is 98.3 Å². The van der Waals surface area contributed by atoms with E-state index in [1.807, 2.05) is 6.92 Å². The molecule has 0 aromatic carbocycles. The van der Waals surface area contributed by atoms with E-state index >= 15 is 0 Å². The van der Waals surface area contributed by atoms with Crippen molar-refractivity contribution >= 4 is 10.4 Å². The molecule has 1 atom stereocenters. The maximum absolute atomic E-state index is 11.7. The van der Waals surface area contributed by atoms with Gasteiger partial charge in [-0.1, -0.05) is 64.7 Å². The van der Waals surface area contributed by atoms with Crippen LogP contribution in [-0.2, 0) is 23.5 Å². The van der Waals surface area contributed by atoms with E-state index in [2.05, 4.69) is 11.1 Å². The Bertz CT molecular complexity index is 383. The van der Waals surface area contributed by atoms with Crippen molar-refractivity contribution in [1.82, 2.24) is 0 Å². The maximum Gasteiger partial charge on any atom is 0.402 e. The van der Waals surface area contributed by atoms with E-state index < -0.39 is 16.2 Å². The Hall–Kier alpha value is -0.170. The van der Waals surface area contributed by atoms with Gasteiger partial charge in [0.15, 0.2) is 5.79 Å². The van der Waals surface area contributed by atoms with Gasteiger partial charge >= 0.3 is 10.4 Å². The minimum atomic E-state index is -4.00. The fraction of sp³-hybridized carbons (Fsp3) is 1.00. The molecule has 0 aliphatic carbocycles. The summed E-state index contributed by atoms with van der Waals surface area (Å²) in [6, 6.07) is 0. The van der Waals surface area contributed by atoms with Gasteiger partial charge in [-0.15, -0.1) is 0 Å². The molecule has 0 N–H and O–H groups in total. The molecule has 24 heavy (non-hydrogen) atoms. The third-order valence-corrected chi connectivity index (χ3v) is 5.06. The van der Waals surface area contributed by atoms with Crippen LogP contribution < -0.4 is 0 Å². The topological polar surface area (TPSA) is 61.8 Å². The van der Waals surface area contributed by atoms with E-state index in [0.29, 0.717) is 13.0 Å². The largest absolute Gasteiger partial charge is 0.402 e. The van der Waals surface area contributed by atoms with Crippen LogP contribution in [0.3, 0.4) is 0 Å². The average molecular weight is 367 g/mol. The SMILES string of the molecule is CCCCCCCCCCCCC(C)(OCC)OS(=O)(=O)OCC. The van der Waals surface area contributed by atoms with Crippen LogP contribution in [0.25, 0.3) is 0 Å². The number of ether oxygens (including phenoxy) is 1. The lowest BCUT2D eigenvalue weighted by atomic mass is 10.0. The van der Waals surface area contributed by atoms with Crippen molar-refractivity contribution in [1.29, 1.82) is 0 Å². The molecule has 0 bridgehead atoms. The molecular weight excluding hydrogens is 328 g/mol.